The largest absolute Gasteiger partial charge is 0.480 e. The number of amides is 1. The molecule has 1 fully saturated rings. The third-order valence-electron chi connectivity index (χ3n) is 4.15. The Morgan fingerprint density at radius 3 is 2.70 bits per heavy atom. The fourth-order valence-electron chi connectivity index (χ4n) is 3.00. The van der Waals surface area contributed by atoms with Gasteiger partial charge in [-0.2, -0.15) is 0 Å². The fraction of sp³-hybridized carbons (Fsp3) is 0.421. The van der Waals surface area contributed by atoms with E-state index in [9.17, 15) is 19.1 Å². The van der Waals surface area contributed by atoms with Crippen molar-refractivity contribution in [3.05, 3.63) is 36.3 Å². The molecule has 2 heterocycles. The molecule has 8 heteroatoms. The van der Waals surface area contributed by atoms with E-state index in [4.69, 9.17) is 9.47 Å². The van der Waals surface area contributed by atoms with E-state index in [0.29, 0.717) is 5.39 Å². The van der Waals surface area contributed by atoms with Gasteiger partial charge in [0.1, 0.15) is 23.6 Å². The zero-order chi connectivity index (χ0) is 19.8. The van der Waals surface area contributed by atoms with E-state index in [1.54, 1.807) is 32.9 Å². The number of pyridine rings is 1. The average molecular weight is 376 g/mol. The lowest BCUT2D eigenvalue weighted by Crippen LogP contribution is -2.43. The van der Waals surface area contributed by atoms with Crippen molar-refractivity contribution < 1.29 is 28.6 Å². The molecule has 1 aliphatic rings. The number of halogens is 1. The van der Waals surface area contributed by atoms with Crippen LogP contribution >= 0.6 is 0 Å². The molecule has 0 bridgehead atoms. The summed E-state index contributed by atoms with van der Waals surface area (Å²) < 4.78 is 24.7. The Balaban J connectivity index is 1.82. The molecule has 27 heavy (non-hydrogen) atoms. The van der Waals surface area contributed by atoms with Gasteiger partial charge in [0.05, 0.1) is 6.54 Å². The molecule has 144 valence electrons. The summed E-state index contributed by atoms with van der Waals surface area (Å²) in [5.74, 6) is -1.36. The van der Waals surface area contributed by atoms with Crippen LogP contribution in [0.25, 0.3) is 10.8 Å². The molecule has 7 nitrogen and oxygen atoms in total. The third kappa shape index (κ3) is 4.27. The van der Waals surface area contributed by atoms with Crippen LogP contribution < -0.4 is 4.74 Å². The molecule has 3 rings (SSSR count). The third-order valence-corrected chi connectivity index (χ3v) is 4.15. The topological polar surface area (TPSA) is 89.0 Å². The zero-order valence-electron chi connectivity index (χ0n) is 15.3. The van der Waals surface area contributed by atoms with Crippen LogP contribution in [-0.2, 0) is 9.53 Å². The van der Waals surface area contributed by atoms with Crippen LogP contribution in [0.15, 0.2) is 30.5 Å². The highest BCUT2D eigenvalue weighted by Gasteiger charge is 2.43. The number of carboxylic acid groups (broad SMARTS) is 1. The summed E-state index contributed by atoms with van der Waals surface area (Å²) in [6.07, 6.45) is 0.310. The van der Waals surface area contributed by atoms with Crippen LogP contribution in [-0.4, -0.2) is 51.3 Å². The van der Waals surface area contributed by atoms with Crippen LogP contribution in [0.3, 0.4) is 0 Å². The first-order chi connectivity index (χ1) is 12.6. The summed E-state index contributed by atoms with van der Waals surface area (Å²) in [7, 11) is 0. The van der Waals surface area contributed by atoms with Gasteiger partial charge in [-0.05, 0) is 44.4 Å². The van der Waals surface area contributed by atoms with Crippen LogP contribution in [0.2, 0.25) is 0 Å². The Labute approximate surface area is 155 Å². The van der Waals surface area contributed by atoms with E-state index in [2.05, 4.69) is 4.98 Å². The first-order valence-corrected chi connectivity index (χ1v) is 8.57. The normalized spacial score (nSPS) is 19.9. The van der Waals surface area contributed by atoms with Crippen molar-refractivity contribution in [2.45, 2.75) is 44.9 Å². The molecule has 2 atom stereocenters. The number of carbonyl (C=O) groups excluding carboxylic acids is 1. The molecule has 0 aliphatic carbocycles. The molecule has 1 amide bonds. The van der Waals surface area contributed by atoms with Gasteiger partial charge in [-0.15, -0.1) is 0 Å². The number of aromatic nitrogens is 1. The monoisotopic (exact) mass is 376 g/mol. The van der Waals surface area contributed by atoms with Crippen molar-refractivity contribution in [2.24, 2.45) is 0 Å². The van der Waals surface area contributed by atoms with Crippen molar-refractivity contribution >= 4 is 22.8 Å². The van der Waals surface area contributed by atoms with Crippen LogP contribution in [0.4, 0.5) is 9.18 Å². The smallest absolute Gasteiger partial charge is 0.411 e. The van der Waals surface area contributed by atoms with Gasteiger partial charge < -0.3 is 14.6 Å². The molecule has 1 aromatic heterocycles. The number of benzene rings is 1. The number of aliphatic carboxylic acids is 1. The minimum atomic E-state index is -1.14. The highest BCUT2D eigenvalue weighted by atomic mass is 19.1. The summed E-state index contributed by atoms with van der Waals surface area (Å²) in [5, 5.41) is 10.7. The molecule has 1 aliphatic heterocycles. The van der Waals surface area contributed by atoms with E-state index in [0.717, 1.165) is 10.3 Å². The standard InChI is InChI=1S/C19H21FN2O5/c1-19(2,3)27-18(25)22-10-13(9-15(22)17(23)24)26-16-14-8-12(20)5-4-11(14)6-7-21-16/h4-8,13,15H,9-10H2,1-3H3,(H,23,24)/t13?,15-/m0/s1. The lowest BCUT2D eigenvalue weighted by atomic mass is 10.1. The van der Waals surface area contributed by atoms with Crippen molar-refractivity contribution in [2.75, 3.05) is 6.54 Å². The number of carbonyl (C=O) groups is 2. The van der Waals surface area contributed by atoms with Crippen molar-refractivity contribution in [3.8, 4) is 5.88 Å². The molecule has 0 radical (unpaired) electrons. The van der Waals surface area contributed by atoms with Gasteiger partial charge in [-0.1, -0.05) is 6.07 Å². The molecule has 0 spiro atoms. The van der Waals surface area contributed by atoms with E-state index in [-0.39, 0.29) is 18.8 Å². The molecule has 1 unspecified atom stereocenters. The van der Waals surface area contributed by atoms with Crippen LogP contribution in [0.5, 0.6) is 5.88 Å². The minimum absolute atomic E-state index is 0.0409. The number of hydrogen-bond donors (Lipinski definition) is 1. The Kier molecular flexibility index (Phi) is 4.91. The van der Waals surface area contributed by atoms with Gasteiger partial charge in [0.15, 0.2) is 0 Å². The maximum Gasteiger partial charge on any atom is 0.411 e. The summed E-state index contributed by atoms with van der Waals surface area (Å²) in [4.78, 5) is 29.2. The van der Waals surface area contributed by atoms with E-state index in [1.165, 1.54) is 18.3 Å². The Morgan fingerprint density at radius 1 is 1.30 bits per heavy atom. The number of likely N-dealkylation sites (tertiary alicyclic amines) is 1. The number of ether oxygens (including phenoxy) is 2. The number of rotatable bonds is 3. The summed E-state index contributed by atoms with van der Waals surface area (Å²) in [5.41, 5.74) is -0.742. The molecule has 1 N–H and O–H groups in total. The molecule has 0 saturated carbocycles. The Morgan fingerprint density at radius 2 is 2.04 bits per heavy atom. The van der Waals surface area contributed by atoms with Gasteiger partial charge in [0, 0.05) is 18.0 Å². The molecule has 2 aromatic rings. The quantitative estimate of drug-likeness (QED) is 0.885. The van der Waals surface area contributed by atoms with Gasteiger partial charge in [-0.3, -0.25) is 4.90 Å². The lowest BCUT2D eigenvalue weighted by molar-refractivity contribution is -0.142. The number of hydrogen-bond acceptors (Lipinski definition) is 5. The average Bonchev–Trinajstić information content (AvgIpc) is 2.98. The molecular formula is C19H21FN2O5. The predicted molar refractivity (Wildman–Crippen MR) is 95.1 cm³/mol. The lowest BCUT2D eigenvalue weighted by Gasteiger charge is -2.26. The van der Waals surface area contributed by atoms with E-state index < -0.39 is 35.6 Å². The Bertz CT molecular complexity index is 880. The first-order valence-electron chi connectivity index (χ1n) is 8.57. The fourth-order valence-corrected chi connectivity index (χ4v) is 3.00. The second-order valence-electron chi connectivity index (χ2n) is 7.44. The van der Waals surface area contributed by atoms with Gasteiger partial charge in [0.25, 0.3) is 0 Å². The summed E-state index contributed by atoms with van der Waals surface area (Å²) >= 11 is 0. The highest BCUT2D eigenvalue weighted by Crippen LogP contribution is 2.29. The van der Waals surface area contributed by atoms with Gasteiger partial charge >= 0.3 is 12.1 Å². The molecular weight excluding hydrogens is 355 g/mol. The predicted octanol–water partition coefficient (Wildman–Crippen LogP) is 3.22. The van der Waals surface area contributed by atoms with Crippen molar-refractivity contribution in [1.29, 1.82) is 0 Å². The Hall–Kier alpha value is -2.90. The van der Waals surface area contributed by atoms with Crippen LogP contribution in [0.1, 0.15) is 27.2 Å². The van der Waals surface area contributed by atoms with Crippen LogP contribution in [0, 0.1) is 5.82 Å². The zero-order valence-corrected chi connectivity index (χ0v) is 15.3. The second kappa shape index (κ2) is 7.02. The maximum absolute atomic E-state index is 13.6. The molecule has 1 aromatic carbocycles. The van der Waals surface area contributed by atoms with Crippen molar-refractivity contribution in [1.82, 2.24) is 9.88 Å². The minimum Gasteiger partial charge on any atom is -0.480 e. The molecule has 1 saturated heterocycles. The first kappa shape index (κ1) is 18.9. The van der Waals surface area contributed by atoms with Gasteiger partial charge in [0.2, 0.25) is 5.88 Å². The second-order valence-corrected chi connectivity index (χ2v) is 7.44. The number of fused-ring (bicyclic) bond motifs is 1. The summed E-state index contributed by atoms with van der Waals surface area (Å²) in [6.45, 7) is 5.16. The van der Waals surface area contributed by atoms with Crippen molar-refractivity contribution in [3.63, 3.8) is 0 Å². The maximum atomic E-state index is 13.6. The number of nitrogens with zero attached hydrogens (tertiary/aromatic N) is 2. The van der Waals surface area contributed by atoms with Gasteiger partial charge in [-0.25, -0.2) is 19.0 Å². The van der Waals surface area contributed by atoms with E-state index >= 15 is 0 Å². The van der Waals surface area contributed by atoms with E-state index in [1.807, 2.05) is 0 Å². The SMILES string of the molecule is CC(C)(C)OC(=O)N1CC(Oc2nccc3ccc(F)cc23)C[C@H]1C(=O)O. The summed E-state index contributed by atoms with van der Waals surface area (Å²) in [6, 6.07) is 4.93. The highest BCUT2D eigenvalue weighted by molar-refractivity contribution is 5.86. The number of carboxylic acids is 1.